The molecular formula is C33H42ClN3O4S. The second kappa shape index (κ2) is 15.8. The highest BCUT2D eigenvalue weighted by atomic mass is 35.5. The monoisotopic (exact) mass is 611 g/mol. The van der Waals surface area contributed by atoms with Crippen LogP contribution >= 0.6 is 11.6 Å². The van der Waals surface area contributed by atoms with Crippen LogP contribution in [-0.4, -0.2) is 50.5 Å². The van der Waals surface area contributed by atoms with Gasteiger partial charge in [0.1, 0.15) is 6.04 Å². The van der Waals surface area contributed by atoms with Crippen LogP contribution in [0.4, 0.5) is 5.69 Å². The van der Waals surface area contributed by atoms with Gasteiger partial charge in [0.2, 0.25) is 21.8 Å². The third-order valence-corrected chi connectivity index (χ3v) is 8.89. The highest BCUT2D eigenvalue weighted by Crippen LogP contribution is 2.24. The lowest BCUT2D eigenvalue weighted by Crippen LogP contribution is -2.50. The standard InChI is InChI=1S/C33H42ClN3O4S/c1-5-6-20-35-33(39)31(23-27-13-8-7-9-14-27)36(24-28-15-10-11-16-30(28)34)32(38)17-12-21-37(42(4,40)41)29-19-18-25(2)26(3)22-29/h7-11,13-16,18-19,22,31H,5-6,12,17,20-21,23-24H2,1-4H3,(H,35,39). The summed E-state index contributed by atoms with van der Waals surface area (Å²) in [5.74, 6) is -0.462. The molecule has 0 radical (unpaired) electrons. The predicted octanol–water partition coefficient (Wildman–Crippen LogP) is 6.06. The Labute approximate surface area is 255 Å². The van der Waals surface area contributed by atoms with E-state index in [1.165, 1.54) is 10.6 Å². The highest BCUT2D eigenvalue weighted by molar-refractivity contribution is 7.92. The number of amides is 2. The molecule has 0 heterocycles. The van der Waals surface area contributed by atoms with Crippen LogP contribution in [0.15, 0.2) is 72.8 Å². The lowest BCUT2D eigenvalue weighted by molar-refractivity contribution is -0.141. The molecule has 0 bridgehead atoms. The number of rotatable bonds is 15. The minimum absolute atomic E-state index is 0.0643. The number of aryl methyl sites for hydroxylation is 2. The molecule has 3 aromatic rings. The summed E-state index contributed by atoms with van der Waals surface area (Å²) in [7, 11) is -3.58. The number of carbonyl (C=O) groups excluding carboxylic acids is 2. The molecule has 0 fully saturated rings. The number of carbonyl (C=O) groups is 2. The van der Waals surface area contributed by atoms with Gasteiger partial charge >= 0.3 is 0 Å². The first-order valence-electron chi connectivity index (χ1n) is 14.4. The van der Waals surface area contributed by atoms with Crippen LogP contribution in [0.3, 0.4) is 0 Å². The van der Waals surface area contributed by atoms with E-state index in [-0.39, 0.29) is 37.7 Å². The number of halogens is 1. The maximum atomic E-state index is 13.9. The fourth-order valence-corrected chi connectivity index (χ4v) is 5.91. The fourth-order valence-electron chi connectivity index (χ4n) is 4.75. The van der Waals surface area contributed by atoms with Crippen molar-refractivity contribution in [2.24, 2.45) is 0 Å². The Hall–Kier alpha value is -3.36. The maximum absolute atomic E-state index is 13.9. The van der Waals surface area contributed by atoms with E-state index in [0.29, 0.717) is 23.7 Å². The number of sulfonamides is 1. The van der Waals surface area contributed by atoms with E-state index in [1.54, 1.807) is 17.0 Å². The second-order valence-corrected chi connectivity index (χ2v) is 13.0. The van der Waals surface area contributed by atoms with E-state index in [2.05, 4.69) is 12.2 Å². The molecule has 0 saturated heterocycles. The largest absolute Gasteiger partial charge is 0.354 e. The summed E-state index contributed by atoms with van der Waals surface area (Å²) in [6.07, 6.45) is 3.63. The Bertz CT molecular complexity index is 1450. The van der Waals surface area contributed by atoms with Gasteiger partial charge in [-0.2, -0.15) is 0 Å². The number of benzene rings is 3. The van der Waals surface area contributed by atoms with E-state index in [0.717, 1.165) is 35.1 Å². The lowest BCUT2D eigenvalue weighted by atomic mass is 10.0. The first-order chi connectivity index (χ1) is 20.0. The maximum Gasteiger partial charge on any atom is 0.243 e. The highest BCUT2D eigenvalue weighted by Gasteiger charge is 2.31. The predicted molar refractivity (Wildman–Crippen MR) is 171 cm³/mol. The summed E-state index contributed by atoms with van der Waals surface area (Å²) in [5, 5.41) is 3.52. The minimum Gasteiger partial charge on any atom is -0.354 e. The molecule has 0 aliphatic carbocycles. The normalized spacial score (nSPS) is 12.0. The van der Waals surface area contributed by atoms with E-state index < -0.39 is 16.1 Å². The van der Waals surface area contributed by atoms with Gasteiger partial charge in [-0.15, -0.1) is 0 Å². The van der Waals surface area contributed by atoms with Crippen LogP contribution in [0.25, 0.3) is 0 Å². The van der Waals surface area contributed by atoms with Gasteiger partial charge in [-0.25, -0.2) is 8.42 Å². The van der Waals surface area contributed by atoms with E-state index >= 15 is 0 Å². The van der Waals surface area contributed by atoms with Crippen molar-refractivity contribution < 1.29 is 18.0 Å². The molecule has 42 heavy (non-hydrogen) atoms. The molecule has 2 amide bonds. The molecule has 0 aliphatic heterocycles. The second-order valence-electron chi connectivity index (χ2n) is 10.7. The molecule has 3 aromatic carbocycles. The van der Waals surface area contributed by atoms with E-state index in [9.17, 15) is 18.0 Å². The molecule has 0 saturated carbocycles. The smallest absolute Gasteiger partial charge is 0.243 e. The summed E-state index contributed by atoms with van der Waals surface area (Å²) < 4.78 is 26.7. The SMILES string of the molecule is CCCCNC(=O)C(Cc1ccccc1)N(Cc1ccccc1Cl)C(=O)CCCN(c1ccc(C)c(C)c1)S(C)(=O)=O. The number of nitrogens with zero attached hydrogens (tertiary/aromatic N) is 2. The molecule has 0 aromatic heterocycles. The number of nitrogens with one attached hydrogen (secondary N) is 1. The molecule has 226 valence electrons. The van der Waals surface area contributed by atoms with Crippen molar-refractivity contribution in [3.8, 4) is 0 Å². The van der Waals surface area contributed by atoms with Crippen molar-refractivity contribution in [2.75, 3.05) is 23.7 Å². The van der Waals surface area contributed by atoms with Crippen molar-refractivity contribution >= 4 is 39.1 Å². The Morgan fingerprint density at radius 1 is 0.929 bits per heavy atom. The summed E-state index contributed by atoms with van der Waals surface area (Å²) in [4.78, 5) is 29.1. The number of hydrogen-bond donors (Lipinski definition) is 1. The molecule has 3 rings (SSSR count). The Kier molecular flexibility index (Phi) is 12.4. The van der Waals surface area contributed by atoms with Gasteiger partial charge in [-0.3, -0.25) is 13.9 Å². The summed E-state index contributed by atoms with van der Waals surface area (Å²) in [5.41, 5.74) is 4.29. The van der Waals surface area contributed by atoms with Gasteiger partial charge < -0.3 is 10.2 Å². The number of anilines is 1. The first kappa shape index (κ1) is 33.1. The lowest BCUT2D eigenvalue weighted by Gasteiger charge is -2.32. The van der Waals surface area contributed by atoms with E-state index in [4.69, 9.17) is 11.6 Å². The third kappa shape index (κ3) is 9.60. The average Bonchev–Trinajstić information content (AvgIpc) is 2.95. The van der Waals surface area contributed by atoms with Gasteiger partial charge in [-0.05, 0) is 67.1 Å². The first-order valence-corrected chi connectivity index (χ1v) is 16.6. The van der Waals surface area contributed by atoms with Crippen LogP contribution < -0.4 is 9.62 Å². The molecule has 9 heteroatoms. The summed E-state index contributed by atoms with van der Waals surface area (Å²) in [6, 6.07) is 21.7. The minimum atomic E-state index is -3.58. The van der Waals surface area contributed by atoms with Crippen molar-refractivity contribution in [3.63, 3.8) is 0 Å². The molecule has 1 atom stereocenters. The number of hydrogen-bond acceptors (Lipinski definition) is 4. The van der Waals surface area contributed by atoms with Gasteiger partial charge in [0, 0.05) is 37.5 Å². The Morgan fingerprint density at radius 2 is 1.62 bits per heavy atom. The van der Waals surface area contributed by atoms with Crippen LogP contribution in [0, 0.1) is 13.8 Å². The zero-order chi connectivity index (χ0) is 30.7. The molecule has 1 N–H and O–H groups in total. The fraction of sp³-hybridized carbons (Fsp3) is 0.394. The zero-order valence-corrected chi connectivity index (χ0v) is 26.5. The van der Waals surface area contributed by atoms with Crippen molar-refractivity contribution in [3.05, 3.63) is 100 Å². The van der Waals surface area contributed by atoms with Crippen LogP contribution in [0.2, 0.25) is 5.02 Å². The van der Waals surface area contributed by atoms with Crippen molar-refractivity contribution in [1.82, 2.24) is 10.2 Å². The topological polar surface area (TPSA) is 86.8 Å². The van der Waals surface area contributed by atoms with Crippen molar-refractivity contribution in [2.45, 2.75) is 65.5 Å². The molecule has 0 aliphatic rings. The number of unbranched alkanes of at least 4 members (excludes halogenated alkanes) is 1. The van der Waals surface area contributed by atoms with E-state index in [1.807, 2.05) is 74.5 Å². The quantitative estimate of drug-likeness (QED) is 0.212. The van der Waals surface area contributed by atoms with Gasteiger partial charge in [0.15, 0.2) is 0 Å². The van der Waals surface area contributed by atoms with Crippen molar-refractivity contribution in [1.29, 1.82) is 0 Å². The molecule has 7 nitrogen and oxygen atoms in total. The summed E-state index contributed by atoms with van der Waals surface area (Å²) >= 11 is 6.50. The van der Waals surface area contributed by atoms with Crippen LogP contribution in [0.1, 0.15) is 54.9 Å². The molecule has 1 unspecified atom stereocenters. The molecular weight excluding hydrogens is 570 g/mol. The van der Waals surface area contributed by atoms with Gasteiger partial charge in [-0.1, -0.05) is 79.5 Å². The van der Waals surface area contributed by atoms with Gasteiger partial charge in [0.05, 0.1) is 11.9 Å². The zero-order valence-electron chi connectivity index (χ0n) is 25.0. The Balaban J connectivity index is 1.88. The van der Waals surface area contributed by atoms with Crippen LogP contribution in [-0.2, 0) is 32.6 Å². The van der Waals surface area contributed by atoms with Gasteiger partial charge in [0.25, 0.3) is 0 Å². The Morgan fingerprint density at radius 3 is 2.26 bits per heavy atom. The average molecular weight is 612 g/mol. The molecule has 0 spiro atoms. The van der Waals surface area contributed by atoms with Crippen LogP contribution in [0.5, 0.6) is 0 Å². The summed E-state index contributed by atoms with van der Waals surface area (Å²) in [6.45, 7) is 6.78. The third-order valence-electron chi connectivity index (χ3n) is 7.33.